The van der Waals surface area contributed by atoms with Crippen molar-refractivity contribution in [1.29, 1.82) is 0 Å². The molecule has 0 radical (unpaired) electrons. The van der Waals surface area contributed by atoms with Crippen LogP contribution in [-0.2, 0) is 22.4 Å². The first kappa shape index (κ1) is 30.4. The van der Waals surface area contributed by atoms with Crippen molar-refractivity contribution in [3.05, 3.63) is 69.1 Å². The van der Waals surface area contributed by atoms with Crippen molar-refractivity contribution in [3.8, 4) is 17.2 Å². The van der Waals surface area contributed by atoms with Crippen LogP contribution in [0.25, 0.3) is 17.0 Å². The van der Waals surface area contributed by atoms with Crippen molar-refractivity contribution in [2.24, 2.45) is 0 Å². The highest BCUT2D eigenvalue weighted by atomic mass is 16.5. The number of ketones is 1. The number of aryl methyl sites for hydroxylation is 1. The number of aromatic hydroxyl groups is 1. The molecule has 1 atom stereocenters. The highest BCUT2D eigenvalue weighted by Crippen LogP contribution is 2.33. The summed E-state index contributed by atoms with van der Waals surface area (Å²) in [4.78, 5) is 36.2. The van der Waals surface area contributed by atoms with Crippen LogP contribution in [0.5, 0.6) is 17.2 Å². The molecule has 2 N–H and O–H groups in total. The number of rotatable bonds is 14. The zero-order valence-electron chi connectivity index (χ0n) is 23.3. The predicted molar refractivity (Wildman–Crippen MR) is 151 cm³/mol. The predicted octanol–water partition coefficient (Wildman–Crippen LogP) is 5.00. The van der Waals surface area contributed by atoms with Crippen LogP contribution in [-0.4, -0.2) is 47.9 Å². The first-order valence-electron chi connectivity index (χ1n) is 13.4. The molecule has 1 unspecified atom stereocenters. The summed E-state index contributed by atoms with van der Waals surface area (Å²) in [6, 6.07) is 7.71. The minimum atomic E-state index is -1.01. The van der Waals surface area contributed by atoms with Crippen LogP contribution in [0.15, 0.2) is 45.6 Å². The summed E-state index contributed by atoms with van der Waals surface area (Å²) >= 11 is 0. The van der Waals surface area contributed by atoms with E-state index in [-0.39, 0.29) is 48.1 Å². The van der Waals surface area contributed by atoms with Gasteiger partial charge in [0.25, 0.3) is 0 Å². The van der Waals surface area contributed by atoms with Gasteiger partial charge in [0, 0.05) is 23.3 Å². The number of phenolic OH excluding ortho intramolecular Hbond substituents is 1. The molecule has 0 amide bonds. The van der Waals surface area contributed by atoms with Crippen molar-refractivity contribution in [3.63, 3.8) is 0 Å². The fourth-order valence-electron chi connectivity index (χ4n) is 4.27. The summed E-state index contributed by atoms with van der Waals surface area (Å²) in [5.41, 5.74) is 1.51. The van der Waals surface area contributed by atoms with Gasteiger partial charge in [0.05, 0.1) is 17.6 Å². The molecule has 1 heterocycles. The topological polar surface area (TPSA) is 132 Å². The van der Waals surface area contributed by atoms with Gasteiger partial charge in [-0.1, -0.05) is 26.7 Å². The van der Waals surface area contributed by atoms with Gasteiger partial charge < -0.3 is 28.8 Å². The molecule has 40 heavy (non-hydrogen) atoms. The van der Waals surface area contributed by atoms with Crippen molar-refractivity contribution in [2.45, 2.75) is 59.5 Å². The Morgan fingerprint density at radius 1 is 0.975 bits per heavy atom. The number of esters is 1. The Hall–Kier alpha value is -4.11. The lowest BCUT2D eigenvalue weighted by Crippen LogP contribution is -2.25. The number of aliphatic hydroxyl groups is 1. The average Bonchev–Trinajstić information content (AvgIpc) is 2.92. The number of carbonyl (C=O) groups is 2. The molecule has 214 valence electrons. The van der Waals surface area contributed by atoms with E-state index in [1.807, 2.05) is 13.8 Å². The minimum absolute atomic E-state index is 0.101. The van der Waals surface area contributed by atoms with Gasteiger partial charge in [-0.05, 0) is 57.0 Å². The number of hydrogen-bond donors (Lipinski definition) is 2. The Kier molecular flexibility index (Phi) is 10.9. The molecule has 0 saturated carbocycles. The average molecular weight is 553 g/mol. The van der Waals surface area contributed by atoms with Crippen molar-refractivity contribution < 1.29 is 38.4 Å². The van der Waals surface area contributed by atoms with Gasteiger partial charge in [-0.3, -0.25) is 9.59 Å². The van der Waals surface area contributed by atoms with E-state index in [0.29, 0.717) is 46.4 Å². The molecular weight excluding hydrogens is 516 g/mol. The second kappa shape index (κ2) is 14.3. The number of benzene rings is 2. The molecule has 0 aliphatic rings. The van der Waals surface area contributed by atoms with E-state index in [0.717, 1.165) is 12.8 Å². The third-order valence-corrected chi connectivity index (χ3v) is 6.13. The van der Waals surface area contributed by atoms with Gasteiger partial charge in [0.15, 0.2) is 11.2 Å². The molecule has 1 aromatic heterocycles. The van der Waals surface area contributed by atoms with Crippen LogP contribution in [0.2, 0.25) is 0 Å². The smallest absolute Gasteiger partial charge is 0.330 e. The summed E-state index contributed by atoms with van der Waals surface area (Å²) in [6.07, 6.45) is 4.10. The van der Waals surface area contributed by atoms with E-state index in [1.54, 1.807) is 25.1 Å². The quantitative estimate of drug-likeness (QED) is 0.161. The van der Waals surface area contributed by atoms with Crippen LogP contribution in [0.4, 0.5) is 0 Å². The number of hydrogen-bond acceptors (Lipinski definition) is 9. The van der Waals surface area contributed by atoms with Crippen LogP contribution >= 0.6 is 0 Å². The summed E-state index contributed by atoms with van der Waals surface area (Å²) < 4.78 is 22.6. The molecule has 3 rings (SSSR count). The first-order chi connectivity index (χ1) is 19.2. The summed E-state index contributed by atoms with van der Waals surface area (Å²) in [6.45, 7) is 7.04. The van der Waals surface area contributed by atoms with Gasteiger partial charge >= 0.3 is 5.97 Å². The second-order valence-corrected chi connectivity index (χ2v) is 9.29. The van der Waals surface area contributed by atoms with Gasteiger partial charge in [-0.2, -0.15) is 0 Å². The lowest BCUT2D eigenvalue weighted by atomic mass is 10.0. The molecule has 9 nitrogen and oxygen atoms in total. The van der Waals surface area contributed by atoms with Crippen molar-refractivity contribution in [1.82, 2.24) is 0 Å². The SMILES string of the molecule is CCCc1c(OCC(O)COc2ccc3c(=O)cc(/C=C/C(=O)OCC)oc3c2CCC)ccc(C(C)=O)c1O. The van der Waals surface area contributed by atoms with E-state index in [2.05, 4.69) is 0 Å². The monoisotopic (exact) mass is 552 g/mol. The van der Waals surface area contributed by atoms with E-state index >= 15 is 0 Å². The molecule has 9 heteroatoms. The fraction of sp³-hybridized carbons (Fsp3) is 0.387. The third kappa shape index (κ3) is 7.51. The Labute approximate surface area is 233 Å². The molecule has 0 spiro atoms. The number of aliphatic hydroxyl groups excluding tert-OH is 1. The Morgan fingerprint density at radius 2 is 1.60 bits per heavy atom. The minimum Gasteiger partial charge on any atom is -0.507 e. The molecule has 0 aliphatic heterocycles. The van der Waals surface area contributed by atoms with E-state index in [4.69, 9.17) is 18.6 Å². The van der Waals surface area contributed by atoms with Crippen LogP contribution in [0.1, 0.15) is 67.8 Å². The van der Waals surface area contributed by atoms with E-state index in [1.165, 1.54) is 31.2 Å². The molecule has 3 aromatic rings. The lowest BCUT2D eigenvalue weighted by molar-refractivity contribution is -0.137. The van der Waals surface area contributed by atoms with Crippen molar-refractivity contribution in [2.75, 3.05) is 19.8 Å². The maximum Gasteiger partial charge on any atom is 0.330 e. The maximum atomic E-state index is 12.7. The number of ether oxygens (including phenoxy) is 3. The normalized spacial score (nSPS) is 12.0. The molecule has 0 fully saturated rings. The Balaban J connectivity index is 1.79. The zero-order chi connectivity index (χ0) is 29.2. The van der Waals surface area contributed by atoms with Crippen LogP contribution in [0.3, 0.4) is 0 Å². The van der Waals surface area contributed by atoms with Gasteiger partial charge in [0.1, 0.15) is 47.9 Å². The lowest BCUT2D eigenvalue weighted by Gasteiger charge is -2.18. The number of carbonyl (C=O) groups excluding carboxylic acids is 2. The molecular formula is C31H36O9. The summed E-state index contributed by atoms with van der Waals surface area (Å²) in [5, 5.41) is 21.5. The highest BCUT2D eigenvalue weighted by Gasteiger charge is 2.18. The summed E-state index contributed by atoms with van der Waals surface area (Å²) in [7, 11) is 0. The Morgan fingerprint density at radius 3 is 2.23 bits per heavy atom. The fourth-order valence-corrected chi connectivity index (χ4v) is 4.27. The van der Waals surface area contributed by atoms with E-state index in [9.17, 15) is 24.6 Å². The van der Waals surface area contributed by atoms with Crippen LogP contribution < -0.4 is 14.9 Å². The maximum absolute atomic E-state index is 12.7. The number of phenols is 1. The second-order valence-electron chi connectivity index (χ2n) is 9.29. The van der Waals surface area contributed by atoms with E-state index < -0.39 is 12.1 Å². The van der Waals surface area contributed by atoms with Gasteiger partial charge in [-0.15, -0.1) is 0 Å². The molecule has 0 bridgehead atoms. The molecule has 0 saturated heterocycles. The van der Waals surface area contributed by atoms with Gasteiger partial charge in [0.2, 0.25) is 0 Å². The Bertz CT molecular complexity index is 1430. The highest BCUT2D eigenvalue weighted by molar-refractivity contribution is 5.97. The third-order valence-electron chi connectivity index (χ3n) is 6.13. The van der Waals surface area contributed by atoms with Crippen LogP contribution in [0, 0.1) is 0 Å². The molecule has 0 aliphatic carbocycles. The number of Topliss-reactive ketones (excluding diaryl/α,β-unsaturated/α-hetero) is 1. The zero-order valence-corrected chi connectivity index (χ0v) is 23.3. The first-order valence-corrected chi connectivity index (χ1v) is 13.4. The largest absolute Gasteiger partial charge is 0.507 e. The molecule has 2 aromatic carbocycles. The van der Waals surface area contributed by atoms with Gasteiger partial charge in [-0.25, -0.2) is 4.79 Å². The van der Waals surface area contributed by atoms with Crippen molar-refractivity contribution >= 4 is 28.8 Å². The standard InChI is InChI=1S/C31H36O9/c1-5-8-24-27(13-11-22(19(4)32)30(24)36)38-17-20(33)18-39-28-14-12-23-26(34)16-21(10-15-29(35)37-7-3)40-31(23)25(28)9-6-2/h10-16,20,33,36H,5-9,17-18H2,1-4H3/b15-10+. The summed E-state index contributed by atoms with van der Waals surface area (Å²) in [5.74, 6) is 0.167. The number of fused-ring (bicyclic) bond motifs is 1.